The lowest BCUT2D eigenvalue weighted by Crippen LogP contribution is -2.53. The minimum Gasteiger partial charge on any atom is -0.497 e. The molecule has 0 bridgehead atoms. The smallest absolute Gasteiger partial charge is 0.249 e. The number of carbonyl (C=O) groups is 2. The van der Waals surface area contributed by atoms with Crippen LogP contribution < -0.4 is 15.0 Å². The van der Waals surface area contributed by atoms with Gasteiger partial charge in [0.15, 0.2) is 0 Å². The third-order valence-electron chi connectivity index (χ3n) is 4.05. The molecule has 0 aliphatic carbocycles. The molecule has 1 aliphatic heterocycles. The highest BCUT2D eigenvalue weighted by Crippen LogP contribution is 2.25. The van der Waals surface area contributed by atoms with E-state index >= 15 is 0 Å². The van der Waals surface area contributed by atoms with Crippen LogP contribution in [0.1, 0.15) is 12.8 Å². The molecule has 0 spiro atoms. The van der Waals surface area contributed by atoms with Gasteiger partial charge in [-0.2, -0.15) is 5.10 Å². The number of benzene rings is 1. The van der Waals surface area contributed by atoms with Gasteiger partial charge in [0, 0.05) is 24.5 Å². The molecule has 1 N–H and O–H groups in total. The number of nitrogens with zero attached hydrogens (tertiary/aromatic N) is 3. The Morgan fingerprint density at radius 3 is 3.04 bits per heavy atom. The summed E-state index contributed by atoms with van der Waals surface area (Å²) in [6.45, 7) is 0.642. The summed E-state index contributed by atoms with van der Waals surface area (Å²) in [7, 11) is 1.59. The Bertz CT molecular complexity index is 777. The SMILES string of the molecule is COc1cccc(N2CCCC(NC(=O)Cn3cc(Cl)cn3)C2=O)c1. The number of methoxy groups -OCH3 is 1. The maximum Gasteiger partial charge on any atom is 0.249 e. The van der Waals surface area contributed by atoms with E-state index in [0.717, 1.165) is 12.1 Å². The first-order chi connectivity index (χ1) is 12.1. The van der Waals surface area contributed by atoms with Gasteiger partial charge in [0.2, 0.25) is 11.8 Å². The summed E-state index contributed by atoms with van der Waals surface area (Å²) in [5.74, 6) is 0.295. The van der Waals surface area contributed by atoms with Crippen molar-refractivity contribution in [3.63, 3.8) is 0 Å². The van der Waals surface area contributed by atoms with E-state index in [1.165, 1.54) is 10.9 Å². The topological polar surface area (TPSA) is 76.5 Å². The number of rotatable bonds is 5. The average molecular weight is 363 g/mol. The first-order valence-corrected chi connectivity index (χ1v) is 8.37. The summed E-state index contributed by atoms with van der Waals surface area (Å²) >= 11 is 5.78. The Morgan fingerprint density at radius 2 is 2.32 bits per heavy atom. The van der Waals surface area contributed by atoms with Crippen LogP contribution in [0.3, 0.4) is 0 Å². The van der Waals surface area contributed by atoms with Crippen LogP contribution in [0.25, 0.3) is 0 Å². The summed E-state index contributed by atoms with van der Waals surface area (Å²) in [6.07, 6.45) is 4.45. The normalized spacial score (nSPS) is 17.4. The van der Waals surface area contributed by atoms with Gasteiger partial charge in [-0.1, -0.05) is 17.7 Å². The Balaban J connectivity index is 1.66. The fraction of sp³-hybridized carbons (Fsp3) is 0.353. The average Bonchev–Trinajstić information content (AvgIpc) is 3.01. The van der Waals surface area contributed by atoms with Gasteiger partial charge < -0.3 is 15.0 Å². The van der Waals surface area contributed by atoms with Crippen LogP contribution in [0.15, 0.2) is 36.7 Å². The number of anilines is 1. The number of amides is 2. The maximum absolute atomic E-state index is 12.7. The van der Waals surface area contributed by atoms with E-state index in [2.05, 4.69) is 10.4 Å². The summed E-state index contributed by atoms with van der Waals surface area (Å²) < 4.78 is 6.65. The van der Waals surface area contributed by atoms with E-state index in [1.54, 1.807) is 18.2 Å². The van der Waals surface area contributed by atoms with Gasteiger partial charge in [-0.05, 0) is 25.0 Å². The van der Waals surface area contributed by atoms with Gasteiger partial charge in [0.25, 0.3) is 0 Å². The van der Waals surface area contributed by atoms with Crippen LogP contribution in [-0.2, 0) is 16.1 Å². The third-order valence-corrected chi connectivity index (χ3v) is 4.24. The predicted molar refractivity (Wildman–Crippen MR) is 93.7 cm³/mol. The zero-order valence-corrected chi connectivity index (χ0v) is 14.6. The Morgan fingerprint density at radius 1 is 1.48 bits per heavy atom. The second-order valence-corrected chi connectivity index (χ2v) is 6.25. The van der Waals surface area contributed by atoms with Crippen LogP contribution in [-0.4, -0.2) is 41.3 Å². The Hall–Kier alpha value is -2.54. The number of aromatic nitrogens is 2. The van der Waals surface area contributed by atoms with Crippen LogP contribution in [0, 0.1) is 0 Å². The molecule has 1 aliphatic rings. The van der Waals surface area contributed by atoms with Crippen LogP contribution in [0.2, 0.25) is 5.02 Å². The molecular formula is C17H19ClN4O3. The maximum atomic E-state index is 12.7. The van der Waals surface area contributed by atoms with Gasteiger partial charge in [-0.3, -0.25) is 14.3 Å². The van der Waals surface area contributed by atoms with Crippen molar-refractivity contribution in [2.75, 3.05) is 18.6 Å². The fourth-order valence-corrected chi connectivity index (χ4v) is 3.01. The van der Waals surface area contributed by atoms with Crippen LogP contribution in [0.4, 0.5) is 5.69 Å². The fourth-order valence-electron chi connectivity index (χ4n) is 2.86. The predicted octanol–water partition coefficient (Wildman–Crippen LogP) is 1.86. The zero-order valence-electron chi connectivity index (χ0n) is 13.8. The molecule has 2 amide bonds. The van der Waals surface area contributed by atoms with E-state index in [0.29, 0.717) is 23.7 Å². The molecule has 132 valence electrons. The van der Waals surface area contributed by atoms with Gasteiger partial charge >= 0.3 is 0 Å². The molecule has 0 radical (unpaired) electrons. The lowest BCUT2D eigenvalue weighted by atomic mass is 10.0. The molecule has 25 heavy (non-hydrogen) atoms. The number of piperidine rings is 1. The number of carbonyl (C=O) groups excluding carboxylic acids is 2. The number of ether oxygens (including phenoxy) is 1. The third kappa shape index (κ3) is 4.11. The van der Waals surface area contributed by atoms with Crippen molar-refractivity contribution in [3.05, 3.63) is 41.7 Å². The molecule has 7 nitrogen and oxygen atoms in total. The minimum atomic E-state index is -0.543. The largest absolute Gasteiger partial charge is 0.497 e. The van der Waals surface area contributed by atoms with Gasteiger partial charge in [-0.15, -0.1) is 0 Å². The number of nitrogens with one attached hydrogen (secondary N) is 1. The molecular weight excluding hydrogens is 344 g/mol. The van der Waals surface area contributed by atoms with E-state index in [1.807, 2.05) is 24.3 Å². The zero-order chi connectivity index (χ0) is 17.8. The molecule has 1 unspecified atom stereocenters. The molecule has 8 heteroatoms. The highest BCUT2D eigenvalue weighted by Gasteiger charge is 2.31. The molecule has 1 fully saturated rings. The lowest BCUT2D eigenvalue weighted by molar-refractivity contribution is -0.128. The summed E-state index contributed by atoms with van der Waals surface area (Å²) in [6, 6.07) is 6.79. The molecule has 1 aromatic carbocycles. The number of hydrogen-bond acceptors (Lipinski definition) is 4. The van der Waals surface area contributed by atoms with Crippen molar-refractivity contribution in [2.24, 2.45) is 0 Å². The van der Waals surface area contributed by atoms with Crippen molar-refractivity contribution in [2.45, 2.75) is 25.4 Å². The highest BCUT2D eigenvalue weighted by atomic mass is 35.5. The Labute approximate surface area is 150 Å². The van der Waals surface area contributed by atoms with Crippen molar-refractivity contribution in [1.82, 2.24) is 15.1 Å². The van der Waals surface area contributed by atoms with Crippen molar-refractivity contribution in [1.29, 1.82) is 0 Å². The highest BCUT2D eigenvalue weighted by molar-refractivity contribution is 6.30. The minimum absolute atomic E-state index is 0.0235. The molecule has 3 rings (SSSR count). The lowest BCUT2D eigenvalue weighted by Gasteiger charge is -2.32. The quantitative estimate of drug-likeness (QED) is 0.880. The van der Waals surface area contributed by atoms with Crippen molar-refractivity contribution >= 4 is 29.1 Å². The van der Waals surface area contributed by atoms with Gasteiger partial charge in [0.1, 0.15) is 18.3 Å². The number of hydrogen-bond donors (Lipinski definition) is 1. The van der Waals surface area contributed by atoms with E-state index in [-0.39, 0.29) is 18.4 Å². The molecule has 1 saturated heterocycles. The molecule has 0 saturated carbocycles. The monoisotopic (exact) mass is 362 g/mol. The van der Waals surface area contributed by atoms with Crippen LogP contribution >= 0.6 is 11.6 Å². The standard InChI is InChI=1S/C17H19ClN4O3/c1-25-14-5-2-4-13(8-14)22-7-3-6-15(17(22)24)20-16(23)11-21-10-12(18)9-19-21/h2,4-5,8-10,15H,3,6-7,11H2,1H3,(H,20,23). The van der Waals surface area contributed by atoms with E-state index in [4.69, 9.17) is 16.3 Å². The molecule has 1 atom stereocenters. The molecule has 2 heterocycles. The summed E-state index contributed by atoms with van der Waals surface area (Å²) in [5.41, 5.74) is 0.766. The first-order valence-electron chi connectivity index (χ1n) is 7.99. The number of halogens is 1. The van der Waals surface area contributed by atoms with E-state index < -0.39 is 6.04 Å². The summed E-state index contributed by atoms with van der Waals surface area (Å²) in [4.78, 5) is 26.6. The van der Waals surface area contributed by atoms with E-state index in [9.17, 15) is 9.59 Å². The summed E-state index contributed by atoms with van der Waals surface area (Å²) in [5, 5.41) is 7.22. The van der Waals surface area contributed by atoms with Crippen molar-refractivity contribution < 1.29 is 14.3 Å². The van der Waals surface area contributed by atoms with Crippen LogP contribution in [0.5, 0.6) is 5.75 Å². The van der Waals surface area contributed by atoms with Crippen molar-refractivity contribution in [3.8, 4) is 5.75 Å². The molecule has 1 aromatic heterocycles. The Kier molecular flexibility index (Phi) is 5.23. The second kappa shape index (κ2) is 7.57. The first kappa shape index (κ1) is 17.3. The second-order valence-electron chi connectivity index (χ2n) is 5.81. The van der Waals surface area contributed by atoms with Gasteiger partial charge in [0.05, 0.1) is 18.3 Å². The van der Waals surface area contributed by atoms with Gasteiger partial charge in [-0.25, -0.2) is 0 Å². The molecule has 2 aromatic rings.